The normalized spacial score (nSPS) is 17.8. The number of nitrogens with one attached hydrogen (secondary N) is 1. The van der Waals surface area contributed by atoms with E-state index in [1.165, 1.54) is 13.0 Å². The molecule has 146 valence electrons. The summed E-state index contributed by atoms with van der Waals surface area (Å²) in [6, 6.07) is 4.85. The smallest absolute Gasteiger partial charge is 0.282 e. The molecule has 0 spiro atoms. The molecule has 2 amide bonds. The SMILES string of the molecule is CC(=O)NCC1CCN(c2ccc([N+](=O)[O-])c(C(=O)N3CCCC3)c2)CC1. The number of carbonyl (C=O) groups is 2. The molecule has 3 rings (SSSR count). The first-order valence-electron chi connectivity index (χ1n) is 9.53. The van der Waals surface area contributed by atoms with E-state index in [0.29, 0.717) is 25.6 Å². The number of benzene rings is 1. The van der Waals surface area contributed by atoms with Gasteiger partial charge in [0.2, 0.25) is 5.91 Å². The summed E-state index contributed by atoms with van der Waals surface area (Å²) in [6.45, 7) is 5.13. The lowest BCUT2D eigenvalue weighted by Gasteiger charge is -2.34. The second kappa shape index (κ2) is 8.37. The van der Waals surface area contributed by atoms with Crippen LogP contribution in [0.2, 0.25) is 0 Å². The van der Waals surface area contributed by atoms with Crippen LogP contribution in [0, 0.1) is 16.0 Å². The molecule has 0 aromatic heterocycles. The van der Waals surface area contributed by atoms with Crippen LogP contribution in [0.5, 0.6) is 0 Å². The van der Waals surface area contributed by atoms with Crippen molar-refractivity contribution in [1.82, 2.24) is 10.2 Å². The quantitative estimate of drug-likeness (QED) is 0.629. The second-order valence-electron chi connectivity index (χ2n) is 7.33. The molecule has 2 aliphatic rings. The van der Waals surface area contributed by atoms with Crippen LogP contribution < -0.4 is 10.2 Å². The van der Waals surface area contributed by atoms with Crippen molar-refractivity contribution >= 4 is 23.2 Å². The Morgan fingerprint density at radius 2 is 1.85 bits per heavy atom. The standard InChI is InChI=1S/C19H26N4O4/c1-14(24)20-13-15-6-10-21(11-7-15)16-4-5-18(23(26)27)17(12-16)19(25)22-8-2-3-9-22/h4-5,12,15H,2-3,6-11,13H2,1H3,(H,20,24). The lowest BCUT2D eigenvalue weighted by molar-refractivity contribution is -0.385. The van der Waals surface area contributed by atoms with Crippen molar-refractivity contribution in [2.45, 2.75) is 32.6 Å². The zero-order chi connectivity index (χ0) is 19.4. The van der Waals surface area contributed by atoms with Gasteiger partial charge in [-0.25, -0.2) is 0 Å². The third kappa shape index (κ3) is 4.56. The Labute approximate surface area is 158 Å². The predicted octanol–water partition coefficient (Wildman–Crippen LogP) is 2.18. The molecule has 0 atom stereocenters. The number of nitro groups is 1. The summed E-state index contributed by atoms with van der Waals surface area (Å²) in [7, 11) is 0. The molecule has 8 nitrogen and oxygen atoms in total. The van der Waals surface area contributed by atoms with Gasteiger partial charge in [-0.2, -0.15) is 0 Å². The van der Waals surface area contributed by atoms with E-state index in [2.05, 4.69) is 10.2 Å². The summed E-state index contributed by atoms with van der Waals surface area (Å²) in [5, 5.41) is 14.2. The number of piperidine rings is 1. The van der Waals surface area contributed by atoms with Gasteiger partial charge < -0.3 is 15.1 Å². The fraction of sp³-hybridized carbons (Fsp3) is 0.579. The van der Waals surface area contributed by atoms with Crippen molar-refractivity contribution in [1.29, 1.82) is 0 Å². The van der Waals surface area contributed by atoms with E-state index in [4.69, 9.17) is 0 Å². The highest BCUT2D eigenvalue weighted by Crippen LogP contribution is 2.29. The van der Waals surface area contributed by atoms with Gasteiger partial charge in [0, 0.05) is 51.4 Å². The minimum absolute atomic E-state index is 0.0159. The van der Waals surface area contributed by atoms with E-state index in [-0.39, 0.29) is 23.1 Å². The third-order valence-electron chi connectivity index (χ3n) is 5.42. The number of hydrogen-bond donors (Lipinski definition) is 1. The van der Waals surface area contributed by atoms with Gasteiger partial charge in [0.25, 0.3) is 11.6 Å². The summed E-state index contributed by atoms with van der Waals surface area (Å²) < 4.78 is 0. The van der Waals surface area contributed by atoms with Crippen LogP contribution in [0.15, 0.2) is 18.2 Å². The minimum atomic E-state index is -0.479. The molecule has 1 N–H and O–H groups in total. The van der Waals surface area contributed by atoms with Gasteiger partial charge in [-0.15, -0.1) is 0 Å². The Kier molecular flexibility index (Phi) is 5.93. The first-order chi connectivity index (χ1) is 13.0. The van der Waals surface area contributed by atoms with Gasteiger partial charge in [0.1, 0.15) is 5.56 Å². The molecule has 2 saturated heterocycles. The maximum absolute atomic E-state index is 12.8. The Bertz CT molecular complexity index is 722. The summed E-state index contributed by atoms with van der Waals surface area (Å²) in [5.41, 5.74) is 0.900. The lowest BCUT2D eigenvalue weighted by atomic mass is 9.96. The second-order valence-corrected chi connectivity index (χ2v) is 7.33. The number of carbonyl (C=O) groups excluding carboxylic acids is 2. The van der Waals surface area contributed by atoms with Crippen LogP contribution in [-0.4, -0.2) is 54.4 Å². The summed E-state index contributed by atoms with van der Waals surface area (Å²) in [5.74, 6) is 0.174. The Morgan fingerprint density at radius 1 is 1.19 bits per heavy atom. The van der Waals surface area contributed by atoms with E-state index in [9.17, 15) is 19.7 Å². The number of likely N-dealkylation sites (tertiary alicyclic amines) is 1. The molecule has 2 fully saturated rings. The minimum Gasteiger partial charge on any atom is -0.371 e. The maximum atomic E-state index is 12.8. The lowest BCUT2D eigenvalue weighted by Crippen LogP contribution is -2.38. The number of anilines is 1. The van der Waals surface area contributed by atoms with Gasteiger partial charge in [0.15, 0.2) is 0 Å². The molecular weight excluding hydrogens is 348 g/mol. The predicted molar refractivity (Wildman–Crippen MR) is 102 cm³/mol. The average molecular weight is 374 g/mol. The fourth-order valence-electron chi connectivity index (χ4n) is 3.83. The number of amides is 2. The molecule has 0 aliphatic carbocycles. The van der Waals surface area contributed by atoms with Crippen molar-refractivity contribution in [3.05, 3.63) is 33.9 Å². The highest BCUT2D eigenvalue weighted by atomic mass is 16.6. The van der Waals surface area contributed by atoms with Crippen LogP contribution in [0.1, 0.15) is 43.0 Å². The van der Waals surface area contributed by atoms with E-state index in [1.807, 2.05) is 0 Å². The average Bonchev–Trinajstić information content (AvgIpc) is 3.20. The largest absolute Gasteiger partial charge is 0.371 e. The highest BCUT2D eigenvalue weighted by molar-refractivity contribution is 5.99. The molecule has 8 heteroatoms. The molecule has 0 unspecified atom stereocenters. The van der Waals surface area contributed by atoms with E-state index < -0.39 is 4.92 Å². The number of nitrogens with zero attached hydrogens (tertiary/aromatic N) is 3. The number of nitro benzene ring substituents is 1. The van der Waals surface area contributed by atoms with Gasteiger partial charge in [-0.3, -0.25) is 19.7 Å². The zero-order valence-electron chi connectivity index (χ0n) is 15.6. The first kappa shape index (κ1) is 19.1. The number of rotatable bonds is 5. The fourth-order valence-corrected chi connectivity index (χ4v) is 3.83. The van der Waals surface area contributed by atoms with Crippen molar-refractivity contribution in [2.75, 3.05) is 37.6 Å². The molecule has 0 bridgehead atoms. The highest BCUT2D eigenvalue weighted by Gasteiger charge is 2.28. The van der Waals surface area contributed by atoms with Crippen LogP contribution in [0.4, 0.5) is 11.4 Å². The van der Waals surface area contributed by atoms with Gasteiger partial charge >= 0.3 is 0 Å². The van der Waals surface area contributed by atoms with Crippen molar-refractivity contribution in [3.63, 3.8) is 0 Å². The van der Waals surface area contributed by atoms with Crippen LogP contribution >= 0.6 is 0 Å². The molecule has 0 radical (unpaired) electrons. The third-order valence-corrected chi connectivity index (χ3v) is 5.42. The summed E-state index contributed by atoms with van der Waals surface area (Å²) in [6.07, 6.45) is 3.77. The molecule has 2 aliphatic heterocycles. The first-order valence-corrected chi connectivity index (χ1v) is 9.53. The Morgan fingerprint density at radius 3 is 2.44 bits per heavy atom. The van der Waals surface area contributed by atoms with E-state index in [0.717, 1.165) is 44.5 Å². The molecule has 1 aromatic rings. The molecular formula is C19H26N4O4. The van der Waals surface area contributed by atoms with Gasteiger partial charge in [-0.05, 0) is 43.7 Å². The van der Waals surface area contributed by atoms with E-state index in [1.54, 1.807) is 17.0 Å². The topological polar surface area (TPSA) is 95.8 Å². The van der Waals surface area contributed by atoms with Crippen molar-refractivity contribution in [2.24, 2.45) is 5.92 Å². The van der Waals surface area contributed by atoms with Crippen LogP contribution in [0.25, 0.3) is 0 Å². The van der Waals surface area contributed by atoms with Crippen LogP contribution in [0.3, 0.4) is 0 Å². The maximum Gasteiger partial charge on any atom is 0.282 e. The van der Waals surface area contributed by atoms with Gasteiger partial charge in [-0.1, -0.05) is 0 Å². The number of hydrogen-bond acceptors (Lipinski definition) is 5. The molecule has 1 aromatic carbocycles. The van der Waals surface area contributed by atoms with Crippen molar-refractivity contribution < 1.29 is 14.5 Å². The van der Waals surface area contributed by atoms with Crippen molar-refractivity contribution in [3.8, 4) is 0 Å². The van der Waals surface area contributed by atoms with Gasteiger partial charge in [0.05, 0.1) is 4.92 Å². The summed E-state index contributed by atoms with van der Waals surface area (Å²) in [4.78, 5) is 38.6. The Hall–Kier alpha value is -2.64. The monoisotopic (exact) mass is 374 g/mol. The molecule has 0 saturated carbocycles. The molecule has 27 heavy (non-hydrogen) atoms. The van der Waals surface area contributed by atoms with E-state index >= 15 is 0 Å². The summed E-state index contributed by atoms with van der Waals surface area (Å²) >= 11 is 0. The zero-order valence-corrected chi connectivity index (χ0v) is 15.6. The van der Waals surface area contributed by atoms with Crippen LogP contribution in [-0.2, 0) is 4.79 Å². The molecule has 2 heterocycles. The Balaban J connectivity index is 1.73.